The van der Waals surface area contributed by atoms with Gasteiger partial charge in [0.1, 0.15) is 17.2 Å². The van der Waals surface area contributed by atoms with Gasteiger partial charge in [0.05, 0.1) is 11.3 Å². The molecule has 0 unspecified atom stereocenters. The second kappa shape index (κ2) is 5.86. The fraction of sp³-hybridized carbons (Fsp3) is 0.0556. The van der Waals surface area contributed by atoms with Crippen LogP contribution < -0.4 is 5.32 Å². The third kappa shape index (κ3) is 2.76. The maximum atomic E-state index is 13.8. The summed E-state index contributed by atoms with van der Waals surface area (Å²) in [5, 5.41) is 6.95. The van der Waals surface area contributed by atoms with Crippen LogP contribution in [-0.4, -0.2) is 20.7 Å². The number of para-hydroxylation sites is 2. The van der Waals surface area contributed by atoms with Crippen LogP contribution >= 0.6 is 0 Å². The maximum absolute atomic E-state index is 13.8. The fourth-order valence-corrected chi connectivity index (χ4v) is 2.51. The lowest BCUT2D eigenvalue weighted by Gasteiger charge is -2.06. The van der Waals surface area contributed by atoms with E-state index < -0.39 is 11.7 Å². The van der Waals surface area contributed by atoms with Crippen LogP contribution in [0.15, 0.2) is 59.0 Å². The van der Waals surface area contributed by atoms with Crippen LogP contribution in [0.2, 0.25) is 0 Å². The summed E-state index contributed by atoms with van der Waals surface area (Å²) in [6.07, 6.45) is 0. The standard InChI is InChI=1S/C18H13FN4O2/c1-11-10-16(21-17(24)12-6-2-3-7-13(12)19)23(22-11)18-20-14-8-4-5-9-15(14)25-18/h2-10H,1H3,(H,21,24). The Bertz CT molecular complexity index is 1050. The number of aromatic nitrogens is 3. The van der Waals surface area contributed by atoms with Crippen molar-refractivity contribution in [3.8, 4) is 6.01 Å². The molecule has 0 saturated heterocycles. The van der Waals surface area contributed by atoms with Gasteiger partial charge in [-0.05, 0) is 31.2 Å². The number of nitrogens with zero attached hydrogens (tertiary/aromatic N) is 3. The average molecular weight is 336 g/mol. The van der Waals surface area contributed by atoms with E-state index in [0.29, 0.717) is 22.6 Å². The molecule has 124 valence electrons. The van der Waals surface area contributed by atoms with E-state index in [0.717, 1.165) is 0 Å². The second-order valence-electron chi connectivity index (χ2n) is 5.48. The minimum absolute atomic E-state index is 0.0505. The zero-order valence-corrected chi connectivity index (χ0v) is 13.2. The first kappa shape index (κ1) is 15.1. The van der Waals surface area contributed by atoms with Gasteiger partial charge in [-0.3, -0.25) is 4.79 Å². The van der Waals surface area contributed by atoms with Crippen molar-refractivity contribution in [1.82, 2.24) is 14.8 Å². The maximum Gasteiger partial charge on any atom is 0.325 e. The number of rotatable bonds is 3. The predicted octanol–water partition coefficient (Wildman–Crippen LogP) is 3.71. The summed E-state index contributed by atoms with van der Waals surface area (Å²) in [6, 6.07) is 15.0. The fourth-order valence-electron chi connectivity index (χ4n) is 2.51. The SMILES string of the molecule is Cc1cc(NC(=O)c2ccccc2F)n(-c2nc3ccccc3o2)n1. The number of fused-ring (bicyclic) bond motifs is 1. The Morgan fingerprint density at radius 2 is 1.92 bits per heavy atom. The zero-order valence-electron chi connectivity index (χ0n) is 13.2. The summed E-state index contributed by atoms with van der Waals surface area (Å²) in [6.45, 7) is 1.78. The van der Waals surface area contributed by atoms with Crippen LogP contribution in [0.4, 0.5) is 10.2 Å². The minimum atomic E-state index is -0.593. The van der Waals surface area contributed by atoms with Crippen LogP contribution in [0, 0.1) is 12.7 Å². The van der Waals surface area contributed by atoms with Gasteiger partial charge in [0.25, 0.3) is 5.91 Å². The molecule has 0 saturated carbocycles. The predicted molar refractivity (Wildman–Crippen MR) is 90.2 cm³/mol. The average Bonchev–Trinajstić information content (AvgIpc) is 3.18. The van der Waals surface area contributed by atoms with E-state index in [1.54, 1.807) is 25.1 Å². The third-order valence-corrected chi connectivity index (χ3v) is 3.66. The molecule has 0 fully saturated rings. The number of halogens is 1. The second-order valence-corrected chi connectivity index (χ2v) is 5.48. The van der Waals surface area contributed by atoms with Crippen molar-refractivity contribution in [3.63, 3.8) is 0 Å². The molecule has 6 nitrogen and oxygen atoms in total. The highest BCUT2D eigenvalue weighted by Gasteiger charge is 2.18. The molecule has 0 aliphatic heterocycles. The molecule has 0 atom stereocenters. The van der Waals surface area contributed by atoms with E-state index in [2.05, 4.69) is 15.4 Å². The first-order chi connectivity index (χ1) is 12.1. The normalized spacial score (nSPS) is 11.0. The van der Waals surface area contributed by atoms with Crippen molar-refractivity contribution in [2.45, 2.75) is 6.92 Å². The van der Waals surface area contributed by atoms with Gasteiger partial charge in [0.15, 0.2) is 5.58 Å². The van der Waals surface area contributed by atoms with E-state index >= 15 is 0 Å². The van der Waals surface area contributed by atoms with Gasteiger partial charge in [-0.15, -0.1) is 0 Å². The van der Waals surface area contributed by atoms with Crippen LogP contribution in [0.25, 0.3) is 17.1 Å². The van der Waals surface area contributed by atoms with E-state index in [9.17, 15) is 9.18 Å². The number of amides is 1. The summed E-state index contributed by atoms with van der Waals surface area (Å²) in [5.74, 6) is -0.822. The van der Waals surface area contributed by atoms with Crippen LogP contribution in [0.1, 0.15) is 16.1 Å². The molecule has 0 aliphatic carbocycles. The molecule has 0 spiro atoms. The molecule has 0 bridgehead atoms. The highest BCUT2D eigenvalue weighted by atomic mass is 19.1. The van der Waals surface area contributed by atoms with Gasteiger partial charge >= 0.3 is 6.01 Å². The Hall–Kier alpha value is -3.48. The molecule has 4 aromatic rings. The van der Waals surface area contributed by atoms with Gasteiger partial charge in [0.2, 0.25) is 0 Å². The van der Waals surface area contributed by atoms with Crippen molar-refractivity contribution in [2.75, 3.05) is 5.32 Å². The molecule has 2 aromatic carbocycles. The molecule has 4 rings (SSSR count). The molecule has 2 heterocycles. The topological polar surface area (TPSA) is 73.0 Å². The summed E-state index contributed by atoms with van der Waals surface area (Å²) >= 11 is 0. The number of carbonyl (C=O) groups excluding carboxylic acids is 1. The van der Waals surface area contributed by atoms with Gasteiger partial charge in [-0.25, -0.2) is 4.39 Å². The third-order valence-electron chi connectivity index (χ3n) is 3.66. The number of hydrogen-bond acceptors (Lipinski definition) is 4. The van der Waals surface area contributed by atoms with Gasteiger partial charge < -0.3 is 9.73 Å². The van der Waals surface area contributed by atoms with Crippen molar-refractivity contribution in [3.05, 3.63) is 71.7 Å². The quantitative estimate of drug-likeness (QED) is 0.619. The van der Waals surface area contributed by atoms with E-state index in [1.807, 2.05) is 18.2 Å². The number of benzene rings is 2. The highest BCUT2D eigenvalue weighted by molar-refractivity contribution is 6.04. The summed E-state index contributed by atoms with van der Waals surface area (Å²) in [5.41, 5.74) is 1.89. The number of hydrogen-bond donors (Lipinski definition) is 1. The Balaban J connectivity index is 1.72. The summed E-state index contributed by atoms with van der Waals surface area (Å²) in [7, 11) is 0. The van der Waals surface area contributed by atoms with Crippen molar-refractivity contribution in [2.24, 2.45) is 0 Å². The monoisotopic (exact) mass is 336 g/mol. The highest BCUT2D eigenvalue weighted by Crippen LogP contribution is 2.22. The number of nitrogens with one attached hydrogen (secondary N) is 1. The Labute approximate surface area is 141 Å². The van der Waals surface area contributed by atoms with Crippen molar-refractivity contribution in [1.29, 1.82) is 0 Å². The molecule has 1 N–H and O–H groups in total. The first-order valence-electron chi connectivity index (χ1n) is 7.60. The molecular formula is C18H13FN4O2. The molecule has 0 aliphatic rings. The van der Waals surface area contributed by atoms with E-state index in [4.69, 9.17) is 4.42 Å². The Morgan fingerprint density at radius 1 is 1.16 bits per heavy atom. The van der Waals surface area contributed by atoms with Crippen LogP contribution in [-0.2, 0) is 0 Å². The number of oxazole rings is 1. The lowest BCUT2D eigenvalue weighted by atomic mass is 10.2. The smallest absolute Gasteiger partial charge is 0.325 e. The zero-order chi connectivity index (χ0) is 17.4. The molecule has 7 heteroatoms. The minimum Gasteiger partial charge on any atom is -0.422 e. The number of aryl methyl sites for hydroxylation is 1. The summed E-state index contributed by atoms with van der Waals surface area (Å²) in [4.78, 5) is 16.7. The van der Waals surface area contributed by atoms with Crippen molar-refractivity contribution < 1.29 is 13.6 Å². The van der Waals surface area contributed by atoms with Gasteiger partial charge in [0, 0.05) is 6.07 Å². The molecular weight excluding hydrogens is 323 g/mol. The molecule has 1 amide bonds. The van der Waals surface area contributed by atoms with Gasteiger partial charge in [-0.2, -0.15) is 14.8 Å². The number of carbonyl (C=O) groups is 1. The van der Waals surface area contributed by atoms with Crippen LogP contribution in [0.5, 0.6) is 0 Å². The van der Waals surface area contributed by atoms with Crippen molar-refractivity contribution >= 4 is 22.8 Å². The molecule has 25 heavy (non-hydrogen) atoms. The Morgan fingerprint density at radius 3 is 2.72 bits per heavy atom. The molecule has 2 aromatic heterocycles. The summed E-state index contributed by atoms with van der Waals surface area (Å²) < 4.78 is 20.9. The van der Waals surface area contributed by atoms with Gasteiger partial charge in [-0.1, -0.05) is 24.3 Å². The first-order valence-corrected chi connectivity index (χ1v) is 7.60. The lowest BCUT2D eigenvalue weighted by Crippen LogP contribution is -2.16. The van der Waals surface area contributed by atoms with Crippen LogP contribution in [0.3, 0.4) is 0 Å². The largest absolute Gasteiger partial charge is 0.422 e. The lowest BCUT2D eigenvalue weighted by molar-refractivity contribution is 0.102. The Kier molecular flexibility index (Phi) is 3.53. The number of anilines is 1. The van der Waals surface area contributed by atoms with E-state index in [1.165, 1.54) is 22.9 Å². The molecule has 0 radical (unpaired) electrons. The van der Waals surface area contributed by atoms with E-state index in [-0.39, 0.29) is 11.6 Å².